The minimum Gasteiger partial charge on any atom is -0.491 e. The number of ether oxygens (including phenoxy) is 5. The van der Waals surface area contributed by atoms with Crippen LogP contribution in [0.15, 0.2) is 97.1 Å². The van der Waals surface area contributed by atoms with Crippen LogP contribution in [0.4, 0.5) is 0 Å². The van der Waals surface area contributed by atoms with Gasteiger partial charge in [-0.1, -0.05) is 69.3 Å². The van der Waals surface area contributed by atoms with E-state index in [4.69, 9.17) is 56.8 Å². The molecule has 5 rings (SSSR count). The van der Waals surface area contributed by atoms with Crippen LogP contribution in [0.2, 0.25) is 0 Å². The molecule has 66 heavy (non-hydrogen) atoms. The first-order valence-electron chi connectivity index (χ1n) is 21.4. The van der Waals surface area contributed by atoms with Crippen LogP contribution in [-0.2, 0) is 49.6 Å². The summed E-state index contributed by atoms with van der Waals surface area (Å²) >= 11 is 0. The minimum absolute atomic E-state index is 0.0334. The highest BCUT2D eigenvalue weighted by atomic mass is 16.6. The summed E-state index contributed by atoms with van der Waals surface area (Å²) in [6.45, 7) is 8.03. The molecule has 4 aromatic rings. The van der Waals surface area contributed by atoms with E-state index in [2.05, 4.69) is 5.32 Å². The fraction of sp³-hybridized carbons (Fsp3) is 0.417. The van der Waals surface area contributed by atoms with Crippen molar-refractivity contribution in [1.82, 2.24) is 5.32 Å². The molecule has 1 aliphatic heterocycles. The van der Waals surface area contributed by atoms with Gasteiger partial charge in [0, 0.05) is 12.6 Å². The largest absolute Gasteiger partial charge is 0.491 e. The fourth-order valence-corrected chi connectivity index (χ4v) is 5.15. The van der Waals surface area contributed by atoms with Gasteiger partial charge in [0.05, 0.1) is 45.0 Å². The molecule has 0 aromatic heterocycles. The third kappa shape index (κ3) is 27.8. The second kappa shape index (κ2) is 31.6. The second-order valence-corrected chi connectivity index (χ2v) is 15.5. The molecule has 18 heteroatoms. The Labute approximate surface area is 386 Å². The molecular weight excluding hydrogens is 855 g/mol. The Hall–Kier alpha value is -6.28. The Kier molecular flexibility index (Phi) is 26.7. The first-order valence-corrected chi connectivity index (χ1v) is 21.4. The van der Waals surface area contributed by atoms with Gasteiger partial charge in [0.15, 0.2) is 0 Å². The molecule has 1 saturated heterocycles. The van der Waals surface area contributed by atoms with Crippen molar-refractivity contribution in [2.75, 3.05) is 46.2 Å². The highest BCUT2D eigenvalue weighted by Crippen LogP contribution is 2.17. The first kappa shape index (κ1) is 55.9. The molecule has 0 aliphatic carbocycles. The molecule has 1 fully saturated rings. The predicted octanol–water partition coefficient (Wildman–Crippen LogP) is 1.25. The Morgan fingerprint density at radius 3 is 1.14 bits per heavy atom. The summed E-state index contributed by atoms with van der Waals surface area (Å²) < 4.78 is 26.5. The van der Waals surface area contributed by atoms with E-state index in [0.29, 0.717) is 42.9 Å². The Bertz CT molecular complexity index is 1910. The van der Waals surface area contributed by atoms with Gasteiger partial charge in [0.1, 0.15) is 67.7 Å². The summed E-state index contributed by atoms with van der Waals surface area (Å²) in [6.07, 6.45) is -0.0247. The number of nitrogens with two attached hydrogens (primary N) is 4. The second-order valence-electron chi connectivity index (χ2n) is 15.5. The average molecular weight is 922 g/mol. The number of carbonyl (C=O) groups excluding carboxylic acids is 4. The van der Waals surface area contributed by atoms with E-state index in [1.807, 2.05) is 45.0 Å². The molecule has 0 bridgehead atoms. The molecule has 13 N–H and O–H groups in total. The number of benzene rings is 4. The Morgan fingerprint density at radius 1 is 0.561 bits per heavy atom. The lowest BCUT2D eigenvalue weighted by Crippen LogP contribution is -2.35. The van der Waals surface area contributed by atoms with Crippen LogP contribution in [0.3, 0.4) is 0 Å². The highest BCUT2D eigenvalue weighted by Gasteiger charge is 2.23. The van der Waals surface area contributed by atoms with Crippen molar-refractivity contribution in [1.29, 1.82) is 0 Å². The van der Waals surface area contributed by atoms with Gasteiger partial charge in [-0.15, -0.1) is 0 Å². The van der Waals surface area contributed by atoms with E-state index >= 15 is 0 Å². The monoisotopic (exact) mass is 921 g/mol. The number of hydrogen-bond acceptors (Lipinski definition) is 14. The SMILES string of the molecule is CC(C)NCC(O)COc1ccc(CC(N)=O)cc1.CCC(O)COc1ccc(CC(N)=O)cc1.NC(=O)Cc1ccc(OCC(O)CO)cc1.NC(=O)Cc1ccc(OCC2CO2)cc1. The molecule has 4 amide bonds. The molecule has 4 unspecified atom stereocenters. The van der Waals surface area contributed by atoms with E-state index in [0.717, 1.165) is 34.6 Å². The normalized spacial score (nSPS) is 13.7. The molecule has 362 valence electrons. The van der Waals surface area contributed by atoms with Gasteiger partial charge in [-0.2, -0.15) is 0 Å². The van der Waals surface area contributed by atoms with Crippen LogP contribution in [-0.4, -0.2) is 121 Å². The van der Waals surface area contributed by atoms with Gasteiger partial charge >= 0.3 is 0 Å². The Balaban J connectivity index is 0.000000303. The molecule has 4 aromatic carbocycles. The zero-order chi connectivity index (χ0) is 48.9. The summed E-state index contributed by atoms with van der Waals surface area (Å²) in [5.41, 5.74) is 23.7. The smallest absolute Gasteiger partial charge is 0.221 e. The Morgan fingerprint density at radius 2 is 0.864 bits per heavy atom. The van der Waals surface area contributed by atoms with Crippen molar-refractivity contribution >= 4 is 23.6 Å². The zero-order valence-electron chi connectivity index (χ0n) is 37.9. The quantitative estimate of drug-likeness (QED) is 0.0423. The first-order chi connectivity index (χ1) is 31.4. The maximum absolute atomic E-state index is 10.7. The molecule has 0 radical (unpaired) electrons. The van der Waals surface area contributed by atoms with Gasteiger partial charge < -0.3 is 72.4 Å². The predicted molar refractivity (Wildman–Crippen MR) is 248 cm³/mol. The lowest BCUT2D eigenvalue weighted by Gasteiger charge is -2.15. The van der Waals surface area contributed by atoms with E-state index in [1.165, 1.54) is 0 Å². The van der Waals surface area contributed by atoms with Crippen LogP contribution < -0.4 is 47.2 Å². The third-order valence-corrected chi connectivity index (χ3v) is 8.82. The maximum atomic E-state index is 10.7. The molecule has 0 spiro atoms. The van der Waals surface area contributed by atoms with Gasteiger partial charge in [-0.05, 0) is 77.2 Å². The maximum Gasteiger partial charge on any atom is 0.221 e. The van der Waals surface area contributed by atoms with E-state index in [1.54, 1.807) is 72.8 Å². The molecule has 0 saturated carbocycles. The van der Waals surface area contributed by atoms with Crippen molar-refractivity contribution in [3.05, 3.63) is 119 Å². The van der Waals surface area contributed by atoms with Gasteiger partial charge in [-0.3, -0.25) is 19.2 Å². The van der Waals surface area contributed by atoms with E-state index in [-0.39, 0.29) is 81.8 Å². The van der Waals surface area contributed by atoms with Crippen molar-refractivity contribution in [2.24, 2.45) is 22.9 Å². The number of nitrogens with one attached hydrogen (secondary N) is 1. The summed E-state index contributed by atoms with van der Waals surface area (Å²) in [4.78, 5) is 42.7. The van der Waals surface area contributed by atoms with Crippen LogP contribution in [0.5, 0.6) is 23.0 Å². The molecule has 18 nitrogen and oxygen atoms in total. The zero-order valence-corrected chi connectivity index (χ0v) is 37.9. The van der Waals surface area contributed by atoms with Gasteiger partial charge in [0.2, 0.25) is 23.6 Å². The number of primary amides is 4. The molecular formula is C48H67N5O13. The lowest BCUT2D eigenvalue weighted by atomic mass is 10.1. The van der Waals surface area contributed by atoms with E-state index in [9.17, 15) is 29.4 Å². The molecule has 1 aliphatic rings. The summed E-state index contributed by atoms with van der Waals surface area (Å²) in [7, 11) is 0. The number of aliphatic hydroxyl groups excluding tert-OH is 4. The summed E-state index contributed by atoms with van der Waals surface area (Å²) in [6, 6.07) is 28.7. The topological polar surface area (TPSA) is 315 Å². The van der Waals surface area contributed by atoms with Crippen LogP contribution in [0, 0.1) is 0 Å². The van der Waals surface area contributed by atoms with Crippen LogP contribution in [0.25, 0.3) is 0 Å². The lowest BCUT2D eigenvalue weighted by molar-refractivity contribution is -0.118. The van der Waals surface area contributed by atoms with Crippen molar-refractivity contribution in [2.45, 2.75) is 83.3 Å². The van der Waals surface area contributed by atoms with Crippen molar-refractivity contribution in [3.8, 4) is 23.0 Å². The number of epoxide rings is 1. The highest BCUT2D eigenvalue weighted by molar-refractivity contribution is 5.77. The number of rotatable bonds is 25. The van der Waals surface area contributed by atoms with Crippen molar-refractivity contribution in [3.63, 3.8) is 0 Å². The van der Waals surface area contributed by atoms with Crippen molar-refractivity contribution < 1.29 is 63.3 Å². The number of aliphatic hydroxyl groups is 4. The number of hydrogen-bond donors (Lipinski definition) is 9. The van der Waals surface area contributed by atoms with Gasteiger partial charge in [-0.25, -0.2) is 0 Å². The molecule has 4 atom stereocenters. The van der Waals surface area contributed by atoms with Crippen LogP contribution in [0.1, 0.15) is 49.4 Å². The number of carbonyl (C=O) groups is 4. The van der Waals surface area contributed by atoms with E-state index < -0.39 is 18.3 Å². The average Bonchev–Trinajstić information content (AvgIpc) is 4.12. The third-order valence-electron chi connectivity index (χ3n) is 8.82. The standard InChI is InChI=1S/C14H22N2O3.C12H17NO3.C11H15NO4.C11H13NO3/c1-10(2)16-8-12(17)9-19-13-5-3-11(4-6-13)7-14(15)18;1-2-10(14)8-16-11-5-3-9(4-6-11)7-12(13)15;12-11(15)5-8-1-3-10(4-2-8)16-7-9(14)6-13;12-11(13)5-8-1-3-9(4-2-8)14-6-10-7-15-10/h3-6,10,12,16-17H,7-9H2,1-2H3,(H2,15,18);3-6,10,14H,2,7-8H2,1H3,(H2,13,15);1-4,9,13-14H,5-7H2,(H2,12,15);1-4,10H,5-7H2,(H2,12,13). The van der Waals surface area contributed by atoms with Gasteiger partial charge in [0.25, 0.3) is 0 Å². The minimum atomic E-state index is -0.884. The molecule has 1 heterocycles. The fourth-order valence-electron chi connectivity index (χ4n) is 5.15. The summed E-state index contributed by atoms with van der Waals surface area (Å²) in [5, 5.41) is 39.8. The number of amides is 4. The summed E-state index contributed by atoms with van der Waals surface area (Å²) in [5.74, 6) is 1.29. The van der Waals surface area contributed by atoms with Crippen LogP contribution >= 0.6 is 0 Å².